The normalized spacial score (nSPS) is 20.8. The van der Waals surface area contributed by atoms with Crippen LogP contribution < -0.4 is 5.32 Å². The van der Waals surface area contributed by atoms with E-state index >= 15 is 0 Å². The van der Waals surface area contributed by atoms with Gasteiger partial charge in [-0.05, 0) is 11.1 Å². The van der Waals surface area contributed by atoms with Gasteiger partial charge in [-0.25, -0.2) is 0 Å². The molecular formula is C9H15N. The van der Waals surface area contributed by atoms with E-state index in [9.17, 15) is 0 Å². The quantitative estimate of drug-likeness (QED) is 0.582. The van der Waals surface area contributed by atoms with Crippen molar-refractivity contribution in [2.45, 2.75) is 7.43 Å². The van der Waals surface area contributed by atoms with Crippen LogP contribution in [0.3, 0.4) is 0 Å². The van der Waals surface area contributed by atoms with Crippen molar-refractivity contribution in [1.29, 1.82) is 0 Å². The molecule has 1 heteroatoms. The molecule has 0 aromatic rings. The summed E-state index contributed by atoms with van der Waals surface area (Å²) in [5, 5.41) is 3.19. The van der Waals surface area contributed by atoms with E-state index in [-0.39, 0.29) is 7.43 Å². The summed E-state index contributed by atoms with van der Waals surface area (Å²) in [6.07, 6.45) is 3.80. The van der Waals surface area contributed by atoms with Crippen LogP contribution in [0.5, 0.6) is 0 Å². The highest BCUT2D eigenvalue weighted by Crippen LogP contribution is 2.10. The molecular weight excluding hydrogens is 122 g/mol. The maximum absolute atomic E-state index is 3.88. The molecule has 1 nitrogen and oxygen atoms in total. The third kappa shape index (κ3) is 1.85. The molecule has 0 bridgehead atoms. The fraction of sp³-hybridized carbons (Fsp3) is 0.333. The lowest BCUT2D eigenvalue weighted by molar-refractivity contribution is 0.895. The molecule has 1 rings (SSSR count). The van der Waals surface area contributed by atoms with E-state index in [2.05, 4.69) is 18.5 Å². The van der Waals surface area contributed by atoms with E-state index in [0.717, 1.165) is 13.1 Å². The molecule has 0 spiro atoms. The van der Waals surface area contributed by atoms with Crippen molar-refractivity contribution in [3.63, 3.8) is 0 Å². The van der Waals surface area contributed by atoms with Crippen LogP contribution in [0.4, 0.5) is 0 Å². The molecule has 0 aliphatic carbocycles. The summed E-state index contributed by atoms with van der Waals surface area (Å²) >= 11 is 0. The number of hydrogen-bond donors (Lipinski definition) is 1. The number of nitrogens with one attached hydrogen (secondary N) is 1. The van der Waals surface area contributed by atoms with Gasteiger partial charge in [-0.2, -0.15) is 0 Å². The van der Waals surface area contributed by atoms with Gasteiger partial charge in [-0.15, -0.1) is 0 Å². The highest BCUT2D eigenvalue weighted by Gasteiger charge is 2.07. The maximum atomic E-state index is 3.88. The Kier molecular flexibility index (Phi) is 3.74. The smallest absolute Gasteiger partial charge is 0.0211 e. The standard InChI is InChI=1S/C8H11N.CH4/c1-3-4-8-6-9-5-7(8)2;/h3-4,9H,1-2,5-6H2;1H4/b8-4-;. The molecule has 0 atom stereocenters. The van der Waals surface area contributed by atoms with Gasteiger partial charge in [-0.3, -0.25) is 0 Å². The van der Waals surface area contributed by atoms with E-state index in [1.165, 1.54) is 11.1 Å². The Balaban J connectivity index is 0.000000810. The van der Waals surface area contributed by atoms with Crippen LogP contribution in [-0.2, 0) is 0 Å². The average molecular weight is 137 g/mol. The SMILES string of the molecule is C.C=C/C=C1/CNCC1=C. The Morgan fingerprint density at radius 3 is 2.50 bits per heavy atom. The van der Waals surface area contributed by atoms with Gasteiger partial charge < -0.3 is 5.32 Å². The van der Waals surface area contributed by atoms with Gasteiger partial charge in [0.2, 0.25) is 0 Å². The van der Waals surface area contributed by atoms with Crippen LogP contribution in [0.2, 0.25) is 0 Å². The summed E-state index contributed by atoms with van der Waals surface area (Å²) in [7, 11) is 0. The van der Waals surface area contributed by atoms with E-state index in [0.29, 0.717) is 0 Å². The fourth-order valence-corrected chi connectivity index (χ4v) is 0.906. The maximum Gasteiger partial charge on any atom is 0.0211 e. The van der Waals surface area contributed by atoms with Gasteiger partial charge in [0, 0.05) is 13.1 Å². The molecule has 56 valence electrons. The zero-order chi connectivity index (χ0) is 6.69. The molecule has 0 amide bonds. The Morgan fingerprint density at radius 1 is 1.40 bits per heavy atom. The van der Waals surface area contributed by atoms with Crippen LogP contribution in [0, 0.1) is 0 Å². The summed E-state index contributed by atoms with van der Waals surface area (Å²) < 4.78 is 0. The summed E-state index contributed by atoms with van der Waals surface area (Å²) in [6, 6.07) is 0. The largest absolute Gasteiger partial charge is 0.309 e. The second-order valence-electron chi connectivity index (χ2n) is 2.13. The number of hydrogen-bond acceptors (Lipinski definition) is 1. The third-order valence-electron chi connectivity index (χ3n) is 1.43. The van der Waals surface area contributed by atoms with Crippen molar-refractivity contribution in [2.75, 3.05) is 13.1 Å². The average Bonchev–Trinajstić information content (AvgIpc) is 2.18. The minimum Gasteiger partial charge on any atom is -0.309 e. The lowest BCUT2D eigenvalue weighted by Crippen LogP contribution is -2.04. The molecule has 1 saturated heterocycles. The van der Waals surface area contributed by atoms with Crippen molar-refractivity contribution < 1.29 is 0 Å². The highest BCUT2D eigenvalue weighted by atomic mass is 14.9. The second kappa shape index (κ2) is 4.07. The molecule has 1 N–H and O–H groups in total. The first-order valence-electron chi connectivity index (χ1n) is 3.05. The predicted octanol–water partition coefficient (Wildman–Crippen LogP) is 1.89. The summed E-state index contributed by atoms with van der Waals surface area (Å²) in [5.41, 5.74) is 2.47. The summed E-state index contributed by atoms with van der Waals surface area (Å²) in [4.78, 5) is 0. The van der Waals surface area contributed by atoms with Crippen LogP contribution >= 0.6 is 0 Å². The second-order valence-corrected chi connectivity index (χ2v) is 2.13. The van der Waals surface area contributed by atoms with Crippen molar-refractivity contribution in [1.82, 2.24) is 5.32 Å². The molecule has 1 heterocycles. The molecule has 1 aliphatic rings. The van der Waals surface area contributed by atoms with Crippen molar-refractivity contribution in [3.05, 3.63) is 36.5 Å². The molecule has 0 aromatic carbocycles. The zero-order valence-electron chi connectivity index (χ0n) is 5.48. The first-order valence-corrected chi connectivity index (χ1v) is 3.05. The first kappa shape index (κ1) is 9.18. The Bertz CT molecular complexity index is 166. The zero-order valence-corrected chi connectivity index (χ0v) is 5.48. The van der Waals surface area contributed by atoms with Crippen molar-refractivity contribution in [2.24, 2.45) is 0 Å². The van der Waals surface area contributed by atoms with Gasteiger partial charge in [0.25, 0.3) is 0 Å². The Morgan fingerprint density at radius 2 is 2.10 bits per heavy atom. The van der Waals surface area contributed by atoms with Crippen molar-refractivity contribution >= 4 is 0 Å². The topological polar surface area (TPSA) is 12.0 Å². The van der Waals surface area contributed by atoms with Gasteiger partial charge in [0.15, 0.2) is 0 Å². The monoisotopic (exact) mass is 137 g/mol. The lowest BCUT2D eigenvalue weighted by atomic mass is 10.1. The molecule has 1 aliphatic heterocycles. The molecule has 0 unspecified atom stereocenters. The van der Waals surface area contributed by atoms with E-state index in [4.69, 9.17) is 0 Å². The minimum absolute atomic E-state index is 0. The number of allylic oxidation sites excluding steroid dienone is 2. The van der Waals surface area contributed by atoms with E-state index in [1.807, 2.05) is 6.08 Å². The van der Waals surface area contributed by atoms with E-state index in [1.54, 1.807) is 6.08 Å². The summed E-state index contributed by atoms with van der Waals surface area (Å²) in [5.74, 6) is 0. The molecule has 0 aromatic heterocycles. The predicted molar refractivity (Wildman–Crippen MR) is 47.0 cm³/mol. The number of rotatable bonds is 1. The van der Waals surface area contributed by atoms with Gasteiger partial charge >= 0.3 is 0 Å². The van der Waals surface area contributed by atoms with Crippen LogP contribution in [0.15, 0.2) is 36.5 Å². The van der Waals surface area contributed by atoms with Gasteiger partial charge in [-0.1, -0.05) is 32.7 Å². The van der Waals surface area contributed by atoms with Gasteiger partial charge in [0.1, 0.15) is 0 Å². The molecule has 0 radical (unpaired) electrons. The summed E-state index contributed by atoms with van der Waals surface area (Å²) in [6.45, 7) is 9.37. The van der Waals surface area contributed by atoms with Crippen molar-refractivity contribution in [3.8, 4) is 0 Å². The fourth-order valence-electron chi connectivity index (χ4n) is 0.906. The molecule has 10 heavy (non-hydrogen) atoms. The van der Waals surface area contributed by atoms with Crippen LogP contribution in [-0.4, -0.2) is 13.1 Å². The van der Waals surface area contributed by atoms with Crippen LogP contribution in [0.25, 0.3) is 0 Å². The van der Waals surface area contributed by atoms with Crippen LogP contribution in [0.1, 0.15) is 7.43 Å². The molecule has 1 fully saturated rings. The van der Waals surface area contributed by atoms with Gasteiger partial charge in [0.05, 0.1) is 0 Å². The van der Waals surface area contributed by atoms with E-state index < -0.39 is 0 Å². The Labute approximate surface area is 63.1 Å². The highest BCUT2D eigenvalue weighted by molar-refractivity contribution is 5.37. The Hall–Kier alpha value is -0.820. The lowest BCUT2D eigenvalue weighted by Gasteiger charge is -1.90. The molecule has 0 saturated carbocycles. The first-order chi connectivity index (χ1) is 4.34. The third-order valence-corrected chi connectivity index (χ3v) is 1.43. The minimum atomic E-state index is 0.